The molecule has 0 amide bonds. The minimum Gasteiger partial charge on any atom is -0.497 e. The van der Waals surface area contributed by atoms with Gasteiger partial charge in [0, 0.05) is 0 Å². The van der Waals surface area contributed by atoms with Gasteiger partial charge < -0.3 is 14.3 Å². The highest BCUT2D eigenvalue weighted by atomic mass is 16.6. The molecule has 104 valence electrons. The molecule has 0 atom stereocenters. The largest absolute Gasteiger partial charge is 0.497 e. The molecule has 0 unspecified atom stereocenters. The van der Waals surface area contributed by atoms with Crippen molar-refractivity contribution in [1.29, 1.82) is 0 Å². The lowest BCUT2D eigenvalue weighted by atomic mass is 10.2. The predicted molar refractivity (Wildman–Crippen MR) is 72.1 cm³/mol. The van der Waals surface area contributed by atoms with Crippen LogP contribution in [0.4, 0.5) is 0 Å². The number of ether oxygens (including phenoxy) is 2. The molecule has 19 heavy (non-hydrogen) atoms. The summed E-state index contributed by atoms with van der Waals surface area (Å²) in [5, 5.41) is 3.56. The van der Waals surface area contributed by atoms with Crippen LogP contribution in [0.15, 0.2) is 29.4 Å². The quantitative estimate of drug-likeness (QED) is 0.466. The highest BCUT2D eigenvalue weighted by Crippen LogP contribution is 2.12. The van der Waals surface area contributed by atoms with Crippen molar-refractivity contribution in [2.45, 2.75) is 33.0 Å². The Morgan fingerprint density at radius 3 is 2.42 bits per heavy atom. The van der Waals surface area contributed by atoms with Crippen molar-refractivity contribution < 1.29 is 19.1 Å². The number of carbonyl (C=O) groups is 1. The molecule has 1 rings (SSSR count). The minimum absolute atomic E-state index is 0.281. The van der Waals surface area contributed by atoms with Crippen LogP contribution in [-0.2, 0) is 21.0 Å². The first-order valence-corrected chi connectivity index (χ1v) is 5.92. The Labute approximate surface area is 113 Å². The molecule has 0 saturated carbocycles. The summed E-state index contributed by atoms with van der Waals surface area (Å²) >= 11 is 0. The molecule has 5 heteroatoms. The Morgan fingerprint density at radius 2 is 1.89 bits per heavy atom. The summed E-state index contributed by atoms with van der Waals surface area (Å²) in [6.45, 7) is 5.65. The molecule has 0 heterocycles. The summed E-state index contributed by atoms with van der Waals surface area (Å²) in [5.41, 5.74) is 0.404. The van der Waals surface area contributed by atoms with E-state index in [1.807, 2.05) is 24.3 Å². The first-order valence-electron chi connectivity index (χ1n) is 5.92. The monoisotopic (exact) mass is 265 g/mol. The zero-order valence-electron chi connectivity index (χ0n) is 11.7. The van der Waals surface area contributed by atoms with E-state index in [4.69, 9.17) is 14.3 Å². The number of carbonyl (C=O) groups excluding carboxylic acids is 1. The summed E-state index contributed by atoms with van der Waals surface area (Å²) in [6.07, 6.45) is 1.02. The first-order chi connectivity index (χ1) is 8.90. The Morgan fingerprint density at radius 1 is 1.26 bits per heavy atom. The van der Waals surface area contributed by atoms with Gasteiger partial charge in [-0.05, 0) is 38.5 Å². The molecule has 0 spiro atoms. The van der Waals surface area contributed by atoms with Gasteiger partial charge in [0.2, 0.25) is 0 Å². The Hall–Kier alpha value is -2.04. The Kier molecular flexibility index (Phi) is 5.36. The summed E-state index contributed by atoms with van der Waals surface area (Å²) < 4.78 is 10.1. The summed E-state index contributed by atoms with van der Waals surface area (Å²) in [5.74, 6) is 0.253. The molecular weight excluding hydrogens is 246 g/mol. The van der Waals surface area contributed by atoms with E-state index in [0.29, 0.717) is 0 Å². The standard InChI is InChI=1S/C14H19NO4/c1-14(2,3)19-13(16)9-15-18-10-11-5-7-12(17-4)8-6-11/h5-9H,10H2,1-4H3/b15-9+. The molecule has 0 N–H and O–H groups in total. The molecule has 0 aliphatic carbocycles. The van der Waals surface area contributed by atoms with Gasteiger partial charge in [-0.1, -0.05) is 17.3 Å². The van der Waals surface area contributed by atoms with Crippen molar-refractivity contribution in [2.24, 2.45) is 5.16 Å². The second-order valence-corrected chi connectivity index (χ2v) is 4.89. The fourth-order valence-corrected chi connectivity index (χ4v) is 1.24. The van der Waals surface area contributed by atoms with Crippen molar-refractivity contribution in [3.63, 3.8) is 0 Å². The molecule has 0 saturated heterocycles. The lowest BCUT2D eigenvalue weighted by Gasteiger charge is -2.17. The van der Waals surface area contributed by atoms with Crippen LogP contribution < -0.4 is 4.74 Å². The first kappa shape index (κ1) is 15.0. The second-order valence-electron chi connectivity index (χ2n) is 4.89. The van der Waals surface area contributed by atoms with Crippen LogP contribution in [-0.4, -0.2) is 24.9 Å². The van der Waals surface area contributed by atoms with Crippen molar-refractivity contribution in [1.82, 2.24) is 0 Å². The van der Waals surface area contributed by atoms with Gasteiger partial charge in [-0.15, -0.1) is 0 Å². The SMILES string of the molecule is COc1ccc(CO/N=C/C(=O)OC(C)(C)C)cc1. The average molecular weight is 265 g/mol. The highest BCUT2D eigenvalue weighted by molar-refractivity contribution is 6.23. The third-order valence-electron chi connectivity index (χ3n) is 2.03. The third-order valence-corrected chi connectivity index (χ3v) is 2.03. The molecule has 1 aromatic rings. The second kappa shape index (κ2) is 6.78. The number of benzene rings is 1. The van der Waals surface area contributed by atoms with Gasteiger partial charge in [0.05, 0.1) is 7.11 Å². The maximum absolute atomic E-state index is 11.3. The van der Waals surface area contributed by atoms with Gasteiger partial charge in [0.25, 0.3) is 0 Å². The van der Waals surface area contributed by atoms with E-state index in [9.17, 15) is 4.79 Å². The lowest BCUT2D eigenvalue weighted by Crippen LogP contribution is -2.24. The van der Waals surface area contributed by atoms with Gasteiger partial charge in [0.15, 0.2) is 6.21 Å². The normalized spacial score (nSPS) is 11.4. The van der Waals surface area contributed by atoms with E-state index in [1.165, 1.54) is 0 Å². The van der Waals surface area contributed by atoms with Crippen molar-refractivity contribution in [3.8, 4) is 5.75 Å². The molecule has 0 bridgehead atoms. The number of oxime groups is 1. The van der Waals surface area contributed by atoms with Crippen LogP contribution in [0.1, 0.15) is 26.3 Å². The molecule has 0 fully saturated rings. The predicted octanol–water partition coefficient (Wildman–Crippen LogP) is 2.54. The van der Waals surface area contributed by atoms with Gasteiger partial charge in [-0.25, -0.2) is 4.79 Å². The van der Waals surface area contributed by atoms with E-state index < -0.39 is 11.6 Å². The fraction of sp³-hybridized carbons (Fsp3) is 0.429. The average Bonchev–Trinajstić information content (AvgIpc) is 2.33. The van der Waals surface area contributed by atoms with E-state index >= 15 is 0 Å². The maximum atomic E-state index is 11.3. The Balaban J connectivity index is 2.35. The van der Waals surface area contributed by atoms with Gasteiger partial charge in [-0.2, -0.15) is 0 Å². The summed E-state index contributed by atoms with van der Waals surface area (Å²) in [4.78, 5) is 16.3. The van der Waals surface area contributed by atoms with E-state index in [0.717, 1.165) is 17.5 Å². The number of rotatable bonds is 5. The van der Waals surface area contributed by atoms with E-state index in [1.54, 1.807) is 27.9 Å². The summed E-state index contributed by atoms with van der Waals surface area (Å²) in [7, 11) is 1.61. The Bertz CT molecular complexity index is 432. The topological polar surface area (TPSA) is 57.1 Å². The van der Waals surface area contributed by atoms with Gasteiger partial charge >= 0.3 is 5.97 Å². The summed E-state index contributed by atoms with van der Waals surface area (Å²) in [6, 6.07) is 7.39. The van der Waals surface area contributed by atoms with Crippen LogP contribution in [0.25, 0.3) is 0 Å². The fourth-order valence-electron chi connectivity index (χ4n) is 1.24. The molecule has 0 radical (unpaired) electrons. The van der Waals surface area contributed by atoms with Gasteiger partial charge in [0.1, 0.15) is 18.0 Å². The van der Waals surface area contributed by atoms with Gasteiger partial charge in [-0.3, -0.25) is 0 Å². The zero-order valence-corrected chi connectivity index (χ0v) is 11.7. The highest BCUT2D eigenvalue weighted by Gasteiger charge is 2.14. The minimum atomic E-state index is -0.529. The van der Waals surface area contributed by atoms with Crippen LogP contribution >= 0.6 is 0 Å². The number of hydrogen-bond donors (Lipinski definition) is 0. The number of methoxy groups -OCH3 is 1. The van der Waals surface area contributed by atoms with Crippen molar-refractivity contribution in [3.05, 3.63) is 29.8 Å². The van der Waals surface area contributed by atoms with Crippen LogP contribution in [0.2, 0.25) is 0 Å². The lowest BCUT2D eigenvalue weighted by molar-refractivity contribution is -0.145. The van der Waals surface area contributed by atoms with Crippen LogP contribution in [0.3, 0.4) is 0 Å². The van der Waals surface area contributed by atoms with E-state index in [-0.39, 0.29) is 6.61 Å². The molecule has 5 nitrogen and oxygen atoms in total. The van der Waals surface area contributed by atoms with E-state index in [2.05, 4.69) is 5.16 Å². The number of esters is 1. The van der Waals surface area contributed by atoms with Crippen molar-refractivity contribution >= 4 is 12.2 Å². The maximum Gasteiger partial charge on any atom is 0.353 e. The van der Waals surface area contributed by atoms with Crippen molar-refractivity contribution in [2.75, 3.05) is 7.11 Å². The smallest absolute Gasteiger partial charge is 0.353 e. The molecule has 1 aromatic carbocycles. The third kappa shape index (κ3) is 6.45. The zero-order chi connectivity index (χ0) is 14.3. The molecule has 0 aliphatic rings. The molecular formula is C14H19NO4. The number of nitrogens with zero attached hydrogens (tertiary/aromatic N) is 1. The van der Waals surface area contributed by atoms with Crippen LogP contribution in [0, 0.1) is 0 Å². The number of hydrogen-bond acceptors (Lipinski definition) is 5. The molecule has 0 aliphatic heterocycles. The van der Waals surface area contributed by atoms with Crippen LogP contribution in [0.5, 0.6) is 5.75 Å². The molecule has 0 aromatic heterocycles.